The lowest BCUT2D eigenvalue weighted by Gasteiger charge is -2.44. The van der Waals surface area contributed by atoms with E-state index >= 15 is 0 Å². The fourth-order valence-electron chi connectivity index (χ4n) is 4.14. The van der Waals surface area contributed by atoms with Crippen LogP contribution in [0.2, 0.25) is 0 Å². The van der Waals surface area contributed by atoms with E-state index in [9.17, 15) is 14.4 Å². The molecule has 2 fully saturated rings. The highest BCUT2D eigenvalue weighted by Gasteiger charge is 2.53. The first-order valence-corrected chi connectivity index (χ1v) is 8.90. The van der Waals surface area contributed by atoms with E-state index in [1.165, 1.54) is 0 Å². The molecular weight excluding hydrogens is 334 g/mol. The fraction of sp³-hybridized carbons (Fsp3) is 0.421. The first-order chi connectivity index (χ1) is 12.5. The van der Waals surface area contributed by atoms with Gasteiger partial charge in [-0.1, -0.05) is 17.7 Å². The van der Waals surface area contributed by atoms with Gasteiger partial charge in [-0.15, -0.1) is 0 Å². The number of amides is 2. The maximum atomic E-state index is 13.4. The minimum atomic E-state index is -0.851. The molecule has 26 heavy (non-hydrogen) atoms. The second kappa shape index (κ2) is 6.16. The molecule has 2 saturated heterocycles. The number of hydrogen-bond donors (Lipinski definition) is 1. The Labute approximate surface area is 150 Å². The summed E-state index contributed by atoms with van der Waals surface area (Å²) in [6, 6.07) is 8.99. The molecule has 136 valence electrons. The molecule has 1 N–H and O–H groups in total. The molecule has 1 aromatic carbocycles. The SMILES string of the molecule is Cc1ccc(N2CCCC3(CCCN3C(=O)c3cc(=O)[nH]o3)C2=O)cc1. The van der Waals surface area contributed by atoms with Gasteiger partial charge in [0.25, 0.3) is 17.4 Å². The summed E-state index contributed by atoms with van der Waals surface area (Å²) in [5.41, 5.74) is 0.675. The van der Waals surface area contributed by atoms with E-state index in [1.807, 2.05) is 31.2 Å². The molecule has 3 heterocycles. The molecule has 0 radical (unpaired) electrons. The quantitative estimate of drug-likeness (QED) is 0.893. The summed E-state index contributed by atoms with van der Waals surface area (Å²) >= 11 is 0. The molecule has 0 saturated carbocycles. The van der Waals surface area contributed by atoms with Gasteiger partial charge in [-0.2, -0.15) is 5.16 Å². The van der Waals surface area contributed by atoms with Crippen molar-refractivity contribution in [3.63, 3.8) is 0 Å². The summed E-state index contributed by atoms with van der Waals surface area (Å²) in [5.74, 6) is -0.493. The Morgan fingerprint density at radius 1 is 1.12 bits per heavy atom. The molecule has 2 aliphatic rings. The molecule has 4 rings (SSSR count). The maximum Gasteiger partial charge on any atom is 0.293 e. The van der Waals surface area contributed by atoms with E-state index in [4.69, 9.17) is 4.52 Å². The van der Waals surface area contributed by atoms with Gasteiger partial charge in [0.2, 0.25) is 5.76 Å². The average molecular weight is 355 g/mol. The van der Waals surface area contributed by atoms with Gasteiger partial charge in [-0.05, 0) is 44.7 Å². The lowest BCUT2D eigenvalue weighted by molar-refractivity contribution is -0.130. The number of aryl methyl sites for hydroxylation is 1. The highest BCUT2D eigenvalue weighted by molar-refractivity contribution is 6.05. The smallest absolute Gasteiger partial charge is 0.293 e. The molecule has 2 aliphatic heterocycles. The van der Waals surface area contributed by atoms with Crippen LogP contribution in [0.4, 0.5) is 5.69 Å². The molecule has 7 nitrogen and oxygen atoms in total. The third kappa shape index (κ3) is 2.55. The Morgan fingerprint density at radius 3 is 2.46 bits per heavy atom. The van der Waals surface area contributed by atoms with Crippen molar-refractivity contribution in [2.75, 3.05) is 18.0 Å². The van der Waals surface area contributed by atoms with Crippen LogP contribution in [0.15, 0.2) is 39.6 Å². The second-order valence-corrected chi connectivity index (χ2v) is 7.06. The third-order valence-electron chi connectivity index (χ3n) is 5.43. The average Bonchev–Trinajstić information content (AvgIpc) is 3.25. The Balaban J connectivity index is 1.67. The predicted octanol–water partition coefficient (Wildman–Crippen LogP) is 2.08. The first-order valence-electron chi connectivity index (χ1n) is 8.90. The van der Waals surface area contributed by atoms with Crippen molar-refractivity contribution in [1.82, 2.24) is 10.1 Å². The molecule has 1 atom stereocenters. The number of aromatic amines is 1. The van der Waals surface area contributed by atoms with E-state index < -0.39 is 17.0 Å². The van der Waals surface area contributed by atoms with Gasteiger partial charge in [0, 0.05) is 18.8 Å². The highest BCUT2D eigenvalue weighted by atomic mass is 16.5. The molecule has 1 spiro atoms. The van der Waals surface area contributed by atoms with Crippen LogP contribution in [0.1, 0.15) is 41.8 Å². The molecule has 2 aromatic rings. The van der Waals surface area contributed by atoms with Crippen LogP contribution in [-0.4, -0.2) is 40.5 Å². The zero-order valence-corrected chi connectivity index (χ0v) is 14.7. The topological polar surface area (TPSA) is 86.6 Å². The summed E-state index contributed by atoms with van der Waals surface area (Å²) in [6.45, 7) is 3.14. The number of piperidine rings is 1. The number of aromatic nitrogens is 1. The Hall–Kier alpha value is -2.83. The van der Waals surface area contributed by atoms with Crippen LogP contribution in [0.5, 0.6) is 0 Å². The number of nitrogens with zero attached hydrogens (tertiary/aromatic N) is 2. The zero-order chi connectivity index (χ0) is 18.3. The first kappa shape index (κ1) is 16.6. The van der Waals surface area contributed by atoms with Crippen molar-refractivity contribution in [2.24, 2.45) is 0 Å². The summed E-state index contributed by atoms with van der Waals surface area (Å²) in [4.78, 5) is 41.0. The summed E-state index contributed by atoms with van der Waals surface area (Å²) in [6.07, 6.45) is 2.84. The fourth-order valence-corrected chi connectivity index (χ4v) is 4.14. The summed E-state index contributed by atoms with van der Waals surface area (Å²) in [7, 11) is 0. The highest BCUT2D eigenvalue weighted by Crippen LogP contribution is 2.40. The van der Waals surface area contributed by atoms with Crippen molar-refractivity contribution >= 4 is 17.5 Å². The van der Waals surface area contributed by atoms with Gasteiger partial charge in [0.1, 0.15) is 5.54 Å². The number of likely N-dealkylation sites (tertiary alicyclic amines) is 1. The summed E-state index contributed by atoms with van der Waals surface area (Å²) in [5, 5.41) is 2.14. The van der Waals surface area contributed by atoms with Crippen LogP contribution >= 0.6 is 0 Å². The van der Waals surface area contributed by atoms with Crippen LogP contribution in [-0.2, 0) is 4.79 Å². The van der Waals surface area contributed by atoms with Crippen molar-refractivity contribution in [3.8, 4) is 0 Å². The molecule has 1 unspecified atom stereocenters. The lowest BCUT2D eigenvalue weighted by Crippen LogP contribution is -2.61. The molecule has 0 aliphatic carbocycles. The van der Waals surface area contributed by atoms with E-state index in [0.717, 1.165) is 30.2 Å². The molecule has 7 heteroatoms. The summed E-state index contributed by atoms with van der Waals surface area (Å²) < 4.78 is 4.98. The second-order valence-electron chi connectivity index (χ2n) is 7.06. The lowest BCUT2D eigenvalue weighted by atomic mass is 9.85. The Bertz CT molecular complexity index is 898. The van der Waals surface area contributed by atoms with Crippen LogP contribution < -0.4 is 10.5 Å². The number of carbonyl (C=O) groups is 2. The number of nitrogens with one attached hydrogen (secondary N) is 1. The molecule has 2 amide bonds. The minimum Gasteiger partial charge on any atom is -0.373 e. The monoisotopic (exact) mass is 355 g/mol. The van der Waals surface area contributed by atoms with Gasteiger partial charge >= 0.3 is 0 Å². The number of benzene rings is 1. The minimum absolute atomic E-state index is 0.0449. The van der Waals surface area contributed by atoms with E-state index in [0.29, 0.717) is 25.9 Å². The normalized spacial score (nSPS) is 23.0. The molecule has 1 aromatic heterocycles. The third-order valence-corrected chi connectivity index (χ3v) is 5.43. The number of rotatable bonds is 2. The van der Waals surface area contributed by atoms with Gasteiger partial charge in [0.05, 0.1) is 6.07 Å². The Morgan fingerprint density at radius 2 is 1.81 bits per heavy atom. The Kier molecular flexibility index (Phi) is 3.94. The van der Waals surface area contributed by atoms with Gasteiger partial charge in [-0.25, -0.2) is 0 Å². The van der Waals surface area contributed by atoms with Crippen molar-refractivity contribution in [3.05, 3.63) is 52.0 Å². The van der Waals surface area contributed by atoms with Gasteiger partial charge in [0.15, 0.2) is 0 Å². The number of anilines is 1. The maximum absolute atomic E-state index is 13.4. The predicted molar refractivity (Wildman–Crippen MR) is 95.1 cm³/mol. The standard InChI is InChI=1S/C19H21N3O4/c1-13-4-6-14(7-5-13)21-10-2-8-19(18(21)25)9-3-11-22(19)17(24)15-12-16(23)20-26-15/h4-7,12H,2-3,8-11H2,1H3,(H,20,23). The van der Waals surface area contributed by atoms with Crippen LogP contribution in [0.25, 0.3) is 0 Å². The van der Waals surface area contributed by atoms with Crippen LogP contribution in [0.3, 0.4) is 0 Å². The van der Waals surface area contributed by atoms with Crippen LogP contribution in [0, 0.1) is 6.92 Å². The number of carbonyl (C=O) groups excluding carboxylic acids is 2. The van der Waals surface area contributed by atoms with Crippen molar-refractivity contribution < 1.29 is 14.1 Å². The zero-order valence-electron chi connectivity index (χ0n) is 14.7. The van der Waals surface area contributed by atoms with Gasteiger partial charge in [-0.3, -0.25) is 14.4 Å². The van der Waals surface area contributed by atoms with E-state index in [1.54, 1.807) is 9.80 Å². The van der Waals surface area contributed by atoms with E-state index in [2.05, 4.69) is 5.16 Å². The number of H-pyrrole nitrogens is 1. The molecule has 0 bridgehead atoms. The van der Waals surface area contributed by atoms with E-state index in [-0.39, 0.29) is 11.7 Å². The van der Waals surface area contributed by atoms with Crippen molar-refractivity contribution in [1.29, 1.82) is 0 Å². The number of hydrogen-bond acceptors (Lipinski definition) is 4. The van der Waals surface area contributed by atoms with Gasteiger partial charge < -0.3 is 14.3 Å². The molecular formula is C19H21N3O4. The largest absolute Gasteiger partial charge is 0.373 e. The van der Waals surface area contributed by atoms with Crippen molar-refractivity contribution in [2.45, 2.75) is 38.1 Å².